The van der Waals surface area contributed by atoms with Crippen LogP contribution >= 0.6 is 0 Å². The van der Waals surface area contributed by atoms with Crippen LogP contribution in [-0.4, -0.2) is 43.9 Å². The number of morpholine rings is 1. The number of sulfonamides is 1. The van der Waals surface area contributed by atoms with E-state index in [-0.39, 0.29) is 29.1 Å². The molecule has 156 valence electrons. The highest BCUT2D eigenvalue weighted by Gasteiger charge is 2.32. The minimum atomic E-state index is -3.70. The summed E-state index contributed by atoms with van der Waals surface area (Å²) in [4.78, 5) is 12.9. The van der Waals surface area contributed by atoms with Crippen LogP contribution in [0.5, 0.6) is 0 Å². The summed E-state index contributed by atoms with van der Waals surface area (Å²) in [5.74, 6) is -0.304. The van der Waals surface area contributed by atoms with E-state index in [2.05, 4.69) is 5.32 Å². The van der Waals surface area contributed by atoms with Crippen LogP contribution in [0.25, 0.3) is 0 Å². The average molecular weight is 417 g/mol. The average Bonchev–Trinajstić information content (AvgIpc) is 2.67. The smallest absolute Gasteiger partial charge is 0.251 e. The van der Waals surface area contributed by atoms with E-state index in [1.807, 2.05) is 52.0 Å². The van der Waals surface area contributed by atoms with Crippen LogP contribution in [0.3, 0.4) is 0 Å². The highest BCUT2D eigenvalue weighted by molar-refractivity contribution is 7.89. The molecule has 3 unspecified atom stereocenters. The van der Waals surface area contributed by atoms with Crippen molar-refractivity contribution in [3.05, 3.63) is 65.2 Å². The molecule has 0 saturated carbocycles. The number of nitrogens with zero attached hydrogens (tertiary/aromatic N) is 1. The number of rotatable bonds is 5. The Morgan fingerprint density at radius 3 is 2.41 bits per heavy atom. The SMILES string of the molecule is Cc1ccccc1C(C)NC(=O)c1cccc(S(=O)(=O)N2CC(C)OC(C)C2)c1. The zero-order chi connectivity index (χ0) is 21.2. The van der Waals surface area contributed by atoms with Crippen LogP contribution < -0.4 is 5.32 Å². The third kappa shape index (κ3) is 4.86. The van der Waals surface area contributed by atoms with E-state index in [1.54, 1.807) is 12.1 Å². The molecule has 0 aromatic heterocycles. The first kappa shape index (κ1) is 21.5. The molecule has 1 aliphatic heterocycles. The van der Waals surface area contributed by atoms with Crippen molar-refractivity contribution in [1.82, 2.24) is 9.62 Å². The topological polar surface area (TPSA) is 75.7 Å². The normalized spacial score (nSPS) is 21.5. The number of amides is 1. The Morgan fingerprint density at radius 2 is 1.76 bits per heavy atom. The van der Waals surface area contributed by atoms with Gasteiger partial charge in [0, 0.05) is 18.7 Å². The molecule has 2 aromatic rings. The summed E-state index contributed by atoms with van der Waals surface area (Å²) in [6.07, 6.45) is -0.343. The highest BCUT2D eigenvalue weighted by atomic mass is 32.2. The number of carbonyl (C=O) groups excluding carboxylic acids is 1. The van der Waals surface area contributed by atoms with Gasteiger partial charge in [0.15, 0.2) is 0 Å². The molecule has 0 radical (unpaired) electrons. The third-order valence-corrected chi connectivity index (χ3v) is 6.95. The number of nitrogens with one attached hydrogen (secondary N) is 1. The molecule has 1 N–H and O–H groups in total. The summed E-state index contributed by atoms with van der Waals surface area (Å²) in [5, 5.41) is 2.96. The van der Waals surface area contributed by atoms with Crippen LogP contribution in [0.4, 0.5) is 0 Å². The van der Waals surface area contributed by atoms with E-state index in [0.717, 1.165) is 11.1 Å². The quantitative estimate of drug-likeness (QED) is 0.812. The Morgan fingerprint density at radius 1 is 1.10 bits per heavy atom. The molecule has 7 heteroatoms. The van der Waals surface area contributed by atoms with E-state index in [9.17, 15) is 13.2 Å². The van der Waals surface area contributed by atoms with Gasteiger partial charge in [0.25, 0.3) is 5.91 Å². The predicted molar refractivity (Wildman–Crippen MR) is 112 cm³/mol. The Kier molecular flexibility index (Phi) is 6.41. The second kappa shape index (κ2) is 8.65. The first-order valence-corrected chi connectivity index (χ1v) is 11.2. The largest absolute Gasteiger partial charge is 0.373 e. The van der Waals surface area contributed by atoms with E-state index in [1.165, 1.54) is 16.4 Å². The van der Waals surface area contributed by atoms with Crippen molar-refractivity contribution < 1.29 is 17.9 Å². The molecule has 1 amide bonds. The van der Waals surface area contributed by atoms with Gasteiger partial charge in [-0.1, -0.05) is 30.3 Å². The van der Waals surface area contributed by atoms with Crippen LogP contribution in [0.15, 0.2) is 53.4 Å². The monoisotopic (exact) mass is 416 g/mol. The van der Waals surface area contributed by atoms with Gasteiger partial charge in [-0.05, 0) is 57.0 Å². The molecule has 0 spiro atoms. The number of benzene rings is 2. The molecule has 1 fully saturated rings. The Bertz CT molecular complexity index is 980. The maximum absolute atomic E-state index is 13.1. The third-order valence-electron chi connectivity index (χ3n) is 5.12. The molecule has 3 atom stereocenters. The summed E-state index contributed by atoms with van der Waals surface area (Å²) >= 11 is 0. The van der Waals surface area contributed by atoms with Gasteiger partial charge in [-0.2, -0.15) is 4.31 Å². The number of ether oxygens (including phenoxy) is 1. The molecular weight excluding hydrogens is 388 g/mol. The second-order valence-electron chi connectivity index (χ2n) is 7.66. The van der Waals surface area contributed by atoms with Crippen LogP contribution in [-0.2, 0) is 14.8 Å². The molecule has 1 aliphatic rings. The van der Waals surface area contributed by atoms with Gasteiger partial charge in [-0.15, -0.1) is 0 Å². The standard InChI is InChI=1S/C22H28N2O4S/c1-15-8-5-6-11-21(15)18(4)23-22(25)19-9-7-10-20(12-19)29(26,27)24-13-16(2)28-17(3)14-24/h5-12,16-18H,13-14H2,1-4H3,(H,23,25). The lowest BCUT2D eigenvalue weighted by Crippen LogP contribution is -2.48. The summed E-state index contributed by atoms with van der Waals surface area (Å²) in [6, 6.07) is 13.9. The minimum Gasteiger partial charge on any atom is -0.373 e. The van der Waals surface area contributed by atoms with Crippen molar-refractivity contribution in [2.24, 2.45) is 0 Å². The summed E-state index contributed by atoms with van der Waals surface area (Å²) in [5.41, 5.74) is 2.44. The minimum absolute atomic E-state index is 0.120. The molecular formula is C22H28N2O4S. The first-order valence-electron chi connectivity index (χ1n) is 9.80. The number of carbonyl (C=O) groups is 1. The summed E-state index contributed by atoms with van der Waals surface area (Å²) in [7, 11) is -3.70. The zero-order valence-corrected chi connectivity index (χ0v) is 18.1. The zero-order valence-electron chi connectivity index (χ0n) is 17.3. The molecule has 29 heavy (non-hydrogen) atoms. The molecule has 0 bridgehead atoms. The maximum atomic E-state index is 13.1. The van der Waals surface area contributed by atoms with E-state index >= 15 is 0 Å². The maximum Gasteiger partial charge on any atom is 0.251 e. The Hall–Kier alpha value is -2.22. The van der Waals surface area contributed by atoms with Crippen molar-refractivity contribution in [2.45, 2.75) is 50.8 Å². The molecule has 3 rings (SSSR count). The number of hydrogen-bond donors (Lipinski definition) is 1. The lowest BCUT2D eigenvalue weighted by Gasteiger charge is -2.34. The molecule has 0 aliphatic carbocycles. The van der Waals surface area contributed by atoms with Crippen molar-refractivity contribution in [2.75, 3.05) is 13.1 Å². The van der Waals surface area contributed by atoms with Gasteiger partial charge in [-0.3, -0.25) is 4.79 Å². The van der Waals surface area contributed by atoms with Crippen molar-refractivity contribution >= 4 is 15.9 Å². The predicted octanol–water partition coefficient (Wildman–Crippen LogP) is 3.28. The Balaban J connectivity index is 1.80. The molecule has 2 aromatic carbocycles. The lowest BCUT2D eigenvalue weighted by atomic mass is 10.0. The number of hydrogen-bond acceptors (Lipinski definition) is 4. The van der Waals surface area contributed by atoms with Gasteiger partial charge < -0.3 is 10.1 Å². The van der Waals surface area contributed by atoms with Gasteiger partial charge in [-0.25, -0.2) is 8.42 Å². The number of aryl methyl sites for hydroxylation is 1. The van der Waals surface area contributed by atoms with Gasteiger partial charge in [0.2, 0.25) is 10.0 Å². The van der Waals surface area contributed by atoms with Crippen molar-refractivity contribution in [1.29, 1.82) is 0 Å². The fourth-order valence-electron chi connectivity index (χ4n) is 3.70. The molecule has 1 saturated heterocycles. The van der Waals surface area contributed by atoms with Gasteiger partial charge in [0.05, 0.1) is 23.1 Å². The van der Waals surface area contributed by atoms with Crippen molar-refractivity contribution in [3.63, 3.8) is 0 Å². The van der Waals surface area contributed by atoms with E-state index < -0.39 is 10.0 Å². The van der Waals surface area contributed by atoms with Crippen LogP contribution in [0.2, 0.25) is 0 Å². The van der Waals surface area contributed by atoms with Crippen LogP contribution in [0.1, 0.15) is 48.3 Å². The second-order valence-corrected chi connectivity index (χ2v) is 9.60. The van der Waals surface area contributed by atoms with Gasteiger partial charge in [0.1, 0.15) is 0 Å². The fraction of sp³-hybridized carbons (Fsp3) is 0.409. The van der Waals surface area contributed by atoms with E-state index in [4.69, 9.17) is 4.74 Å². The van der Waals surface area contributed by atoms with E-state index in [0.29, 0.717) is 18.7 Å². The fourth-order valence-corrected chi connectivity index (χ4v) is 5.34. The highest BCUT2D eigenvalue weighted by Crippen LogP contribution is 2.23. The molecule has 6 nitrogen and oxygen atoms in total. The van der Waals surface area contributed by atoms with Crippen molar-refractivity contribution in [3.8, 4) is 0 Å². The Labute approximate surface area is 172 Å². The summed E-state index contributed by atoms with van der Waals surface area (Å²) in [6.45, 7) is 8.22. The van der Waals surface area contributed by atoms with Gasteiger partial charge >= 0.3 is 0 Å². The lowest BCUT2D eigenvalue weighted by molar-refractivity contribution is -0.0440. The first-order chi connectivity index (χ1) is 13.7. The molecule has 1 heterocycles. The van der Waals surface area contributed by atoms with Crippen LogP contribution in [0, 0.1) is 6.92 Å². The summed E-state index contributed by atoms with van der Waals surface area (Å²) < 4.78 is 33.2.